The number of fused-ring (bicyclic) bond motifs is 1. The van der Waals surface area contributed by atoms with E-state index >= 15 is 0 Å². The van der Waals surface area contributed by atoms with Crippen LogP contribution >= 0.6 is 0 Å². The summed E-state index contributed by atoms with van der Waals surface area (Å²) in [5, 5.41) is 18.9. The van der Waals surface area contributed by atoms with E-state index in [4.69, 9.17) is 9.84 Å². The van der Waals surface area contributed by atoms with Crippen molar-refractivity contribution in [2.75, 3.05) is 20.7 Å². The van der Waals surface area contributed by atoms with E-state index in [0.717, 1.165) is 0 Å². The number of nitrogens with one attached hydrogen (secondary N) is 1. The molecule has 0 spiro atoms. The molecule has 1 aliphatic heterocycles. The second kappa shape index (κ2) is 6.26. The smallest absolute Gasteiger partial charge is 0.280 e. The lowest BCUT2D eigenvalue weighted by molar-refractivity contribution is -0.0459. The van der Waals surface area contributed by atoms with Crippen molar-refractivity contribution in [2.45, 2.75) is 24.6 Å². The van der Waals surface area contributed by atoms with Crippen LogP contribution in [0, 0.1) is 0 Å². The van der Waals surface area contributed by atoms with Crippen molar-refractivity contribution < 1.29 is 19.3 Å². The van der Waals surface area contributed by atoms with Gasteiger partial charge in [-0.3, -0.25) is 14.3 Å². The average molecular weight is 340 g/mol. The minimum Gasteiger partial charge on any atom is -0.394 e. The summed E-state index contributed by atoms with van der Waals surface area (Å²) in [7, 11) is 3.50. The van der Waals surface area contributed by atoms with Crippen molar-refractivity contribution >= 4 is 23.5 Å². The Balaban J connectivity index is 2.05. The van der Waals surface area contributed by atoms with Crippen LogP contribution in [-0.4, -0.2) is 80.1 Å². The summed E-state index contributed by atoms with van der Waals surface area (Å²) in [6.07, 6.45) is -2.94. The van der Waals surface area contributed by atoms with Gasteiger partial charge in [-0.1, -0.05) is 0 Å². The van der Waals surface area contributed by atoms with Gasteiger partial charge in [0, 0.05) is 14.1 Å². The third-order valence-corrected chi connectivity index (χ3v) is 3.58. The van der Waals surface area contributed by atoms with Crippen LogP contribution in [0.3, 0.4) is 0 Å². The van der Waals surface area contributed by atoms with Crippen LogP contribution < -0.4 is 5.56 Å². The maximum absolute atomic E-state index is 14.3. The van der Waals surface area contributed by atoms with Gasteiger partial charge in [0.1, 0.15) is 12.2 Å². The Morgan fingerprint density at radius 1 is 1.58 bits per heavy atom. The predicted molar refractivity (Wildman–Crippen MR) is 81.9 cm³/mol. The first-order valence-electron chi connectivity index (χ1n) is 7.18. The number of ether oxygens (including phenoxy) is 1. The quantitative estimate of drug-likeness (QED) is 0.477. The molecule has 3 N–H and O–H groups in total. The van der Waals surface area contributed by atoms with Gasteiger partial charge in [-0.25, -0.2) is 14.4 Å². The highest BCUT2D eigenvalue weighted by molar-refractivity contribution is 5.71. The normalized spacial score (nSPS) is 27.4. The third-order valence-electron chi connectivity index (χ3n) is 3.58. The fourth-order valence-electron chi connectivity index (χ4n) is 2.41. The van der Waals surface area contributed by atoms with Crippen molar-refractivity contribution in [2.24, 2.45) is 4.99 Å². The van der Waals surface area contributed by atoms with Crippen molar-refractivity contribution in [1.29, 1.82) is 0 Å². The summed E-state index contributed by atoms with van der Waals surface area (Å²) >= 11 is 0. The molecule has 0 saturated carbocycles. The Bertz CT molecular complexity index is 818. The van der Waals surface area contributed by atoms with Crippen molar-refractivity contribution in [3.63, 3.8) is 0 Å². The largest absolute Gasteiger partial charge is 0.394 e. The Morgan fingerprint density at radius 2 is 2.33 bits per heavy atom. The highest BCUT2D eigenvalue weighted by Crippen LogP contribution is 2.33. The number of hydrogen-bond acceptors (Lipinski definition) is 7. The van der Waals surface area contributed by atoms with Crippen LogP contribution in [-0.2, 0) is 4.74 Å². The molecule has 0 aromatic carbocycles. The highest BCUT2D eigenvalue weighted by Gasteiger charge is 2.45. The van der Waals surface area contributed by atoms with Gasteiger partial charge in [0.15, 0.2) is 23.6 Å². The summed E-state index contributed by atoms with van der Waals surface area (Å²) in [5.74, 6) is 0.0237. The molecular formula is C13H17FN6O4. The molecule has 11 heteroatoms. The summed E-state index contributed by atoms with van der Waals surface area (Å²) in [6.45, 7) is -0.531. The van der Waals surface area contributed by atoms with Gasteiger partial charge in [0.2, 0.25) is 5.95 Å². The lowest BCUT2D eigenvalue weighted by Gasteiger charge is -2.14. The van der Waals surface area contributed by atoms with Gasteiger partial charge in [0.25, 0.3) is 5.56 Å². The van der Waals surface area contributed by atoms with E-state index in [0.29, 0.717) is 0 Å². The summed E-state index contributed by atoms with van der Waals surface area (Å²) in [5.41, 5.74) is -0.461. The Morgan fingerprint density at radius 3 is 2.96 bits per heavy atom. The zero-order valence-electron chi connectivity index (χ0n) is 13.0. The van der Waals surface area contributed by atoms with Gasteiger partial charge in [-0.15, -0.1) is 0 Å². The fourth-order valence-corrected chi connectivity index (χ4v) is 2.41. The van der Waals surface area contributed by atoms with Gasteiger partial charge in [0.05, 0.1) is 19.3 Å². The predicted octanol–water partition coefficient (Wildman–Crippen LogP) is -1.07. The molecule has 0 radical (unpaired) electrons. The zero-order valence-corrected chi connectivity index (χ0v) is 13.0. The summed E-state index contributed by atoms with van der Waals surface area (Å²) < 4.78 is 20.8. The molecule has 2 aromatic heterocycles. The number of H-pyrrole nitrogens is 1. The standard InChI is InChI=1S/C13H17FN6O4/c1-19(2)4-16-13-17-10-8(11(23)18-13)15-5-20(10)12-7(14)9(22)6(3-21)24-12/h4-7,9,12,21-22H,3H2,1-2H3,(H,17,18,23)/t6-,7+,9?,12-/m1/s1. The number of rotatable bonds is 4. The highest BCUT2D eigenvalue weighted by atomic mass is 19.1. The Labute approximate surface area is 135 Å². The second-order valence-electron chi connectivity index (χ2n) is 5.60. The first kappa shape index (κ1) is 16.5. The molecule has 1 fully saturated rings. The fraction of sp³-hybridized carbons (Fsp3) is 0.538. The molecule has 4 atom stereocenters. The molecule has 3 heterocycles. The van der Waals surface area contributed by atoms with E-state index in [1.165, 1.54) is 17.2 Å². The van der Waals surface area contributed by atoms with E-state index < -0.39 is 36.8 Å². The molecule has 1 saturated heterocycles. The molecule has 1 aliphatic rings. The lowest BCUT2D eigenvalue weighted by Crippen LogP contribution is -2.30. The van der Waals surface area contributed by atoms with Gasteiger partial charge < -0.3 is 19.8 Å². The van der Waals surface area contributed by atoms with E-state index in [1.807, 2.05) is 0 Å². The number of aromatic amines is 1. The summed E-state index contributed by atoms with van der Waals surface area (Å²) in [6, 6.07) is 0. The monoisotopic (exact) mass is 340 g/mol. The van der Waals surface area contributed by atoms with Crippen LogP contribution in [0.25, 0.3) is 11.2 Å². The van der Waals surface area contributed by atoms with Gasteiger partial charge in [-0.05, 0) is 0 Å². The number of aromatic nitrogens is 4. The van der Waals surface area contributed by atoms with Crippen molar-refractivity contribution in [3.8, 4) is 0 Å². The first-order valence-corrected chi connectivity index (χ1v) is 7.18. The molecule has 10 nitrogen and oxygen atoms in total. The van der Waals surface area contributed by atoms with Crippen LogP contribution in [0.4, 0.5) is 10.3 Å². The van der Waals surface area contributed by atoms with E-state index in [-0.39, 0.29) is 17.1 Å². The lowest BCUT2D eigenvalue weighted by atomic mass is 10.1. The van der Waals surface area contributed by atoms with Crippen LogP contribution in [0.5, 0.6) is 0 Å². The van der Waals surface area contributed by atoms with E-state index in [2.05, 4.69) is 19.9 Å². The topological polar surface area (TPSA) is 129 Å². The number of imidazole rings is 1. The second-order valence-corrected chi connectivity index (χ2v) is 5.60. The average Bonchev–Trinajstić information content (AvgIpc) is 3.08. The molecular weight excluding hydrogens is 323 g/mol. The molecule has 0 bridgehead atoms. The van der Waals surface area contributed by atoms with Crippen molar-refractivity contribution in [3.05, 3.63) is 16.7 Å². The molecule has 2 aromatic rings. The SMILES string of the molecule is CN(C)C=Nc1nc2c(ncn2[C@@H]2O[C@H](CO)C(O)[C@@H]2F)c(=O)[nH]1. The Kier molecular flexibility index (Phi) is 4.30. The minimum absolute atomic E-state index is 0.00320. The number of aliphatic imine (C=N–C) groups is 1. The van der Waals surface area contributed by atoms with Crippen LogP contribution in [0.1, 0.15) is 6.23 Å². The Hall–Kier alpha value is -2.37. The number of hydrogen-bond donors (Lipinski definition) is 3. The summed E-state index contributed by atoms with van der Waals surface area (Å²) in [4.78, 5) is 28.2. The minimum atomic E-state index is -1.80. The van der Waals surface area contributed by atoms with Crippen molar-refractivity contribution in [1.82, 2.24) is 24.4 Å². The molecule has 0 amide bonds. The first-order chi connectivity index (χ1) is 11.4. The third kappa shape index (κ3) is 2.77. The van der Waals surface area contributed by atoms with Gasteiger partial charge in [-0.2, -0.15) is 4.98 Å². The van der Waals surface area contributed by atoms with Crippen LogP contribution in [0.15, 0.2) is 16.1 Å². The molecule has 24 heavy (non-hydrogen) atoms. The van der Waals surface area contributed by atoms with Gasteiger partial charge >= 0.3 is 0 Å². The molecule has 0 aliphatic carbocycles. The van der Waals surface area contributed by atoms with E-state index in [1.54, 1.807) is 19.0 Å². The number of aliphatic hydroxyl groups is 2. The number of alkyl halides is 1. The maximum atomic E-state index is 14.3. The maximum Gasteiger partial charge on any atom is 0.280 e. The molecule has 1 unspecified atom stereocenters. The zero-order chi connectivity index (χ0) is 17.4. The van der Waals surface area contributed by atoms with Crippen LogP contribution in [0.2, 0.25) is 0 Å². The molecule has 130 valence electrons. The van der Waals surface area contributed by atoms with E-state index in [9.17, 15) is 14.3 Å². The number of halogens is 1. The number of aliphatic hydroxyl groups excluding tert-OH is 2. The number of nitrogens with zero attached hydrogens (tertiary/aromatic N) is 5. The molecule has 3 rings (SSSR count).